The molecule has 0 saturated heterocycles. The van der Waals surface area contributed by atoms with E-state index in [1.807, 2.05) is 0 Å². The molecule has 6 nitrogen and oxygen atoms in total. The van der Waals surface area contributed by atoms with Crippen molar-refractivity contribution < 1.29 is 22.7 Å². The molecule has 1 aromatic heterocycles. The zero-order valence-corrected chi connectivity index (χ0v) is 13.7. The third-order valence-electron chi connectivity index (χ3n) is 4.22. The number of benzene rings is 1. The number of carbonyl (C=O) groups excluding carboxylic acids is 1. The van der Waals surface area contributed by atoms with Crippen molar-refractivity contribution in [3.8, 4) is 0 Å². The number of ether oxygens (including phenoxy) is 1. The topological polar surface area (TPSA) is 69.0 Å². The van der Waals surface area contributed by atoms with Crippen LogP contribution in [0, 0.1) is 6.92 Å². The highest BCUT2D eigenvalue weighted by Crippen LogP contribution is 2.29. The first-order valence-corrected chi connectivity index (χ1v) is 7.65. The van der Waals surface area contributed by atoms with Crippen molar-refractivity contribution >= 4 is 5.91 Å². The zero-order valence-electron chi connectivity index (χ0n) is 13.7. The first-order valence-electron chi connectivity index (χ1n) is 7.65. The standard InChI is InChI=1S/C16H17F3N4O2/c1-10-21-22-13-8-25-9-15(2,23(10)13)14(24)20-7-11-3-5-12(6-4-11)16(17,18)19/h3-6H,7-9H2,1-2H3,(H,20,24). The number of aromatic nitrogens is 3. The monoisotopic (exact) mass is 354 g/mol. The molecule has 0 spiro atoms. The van der Waals surface area contributed by atoms with Crippen LogP contribution >= 0.6 is 0 Å². The highest BCUT2D eigenvalue weighted by Gasteiger charge is 2.41. The molecular weight excluding hydrogens is 337 g/mol. The Kier molecular flexibility index (Phi) is 4.28. The fraction of sp³-hybridized carbons (Fsp3) is 0.438. The van der Waals surface area contributed by atoms with Gasteiger partial charge in [-0.15, -0.1) is 10.2 Å². The van der Waals surface area contributed by atoms with Gasteiger partial charge >= 0.3 is 6.18 Å². The van der Waals surface area contributed by atoms with E-state index in [0.29, 0.717) is 17.2 Å². The van der Waals surface area contributed by atoms with Crippen LogP contribution in [0.3, 0.4) is 0 Å². The number of alkyl halides is 3. The van der Waals surface area contributed by atoms with Gasteiger partial charge in [0.2, 0.25) is 5.91 Å². The molecule has 1 unspecified atom stereocenters. The Morgan fingerprint density at radius 1 is 1.32 bits per heavy atom. The summed E-state index contributed by atoms with van der Waals surface area (Å²) < 4.78 is 44.9. The summed E-state index contributed by atoms with van der Waals surface area (Å²) in [6, 6.07) is 4.68. The second-order valence-electron chi connectivity index (χ2n) is 6.14. The highest BCUT2D eigenvalue weighted by molar-refractivity contribution is 5.84. The van der Waals surface area contributed by atoms with Crippen molar-refractivity contribution in [3.63, 3.8) is 0 Å². The first-order chi connectivity index (χ1) is 11.7. The minimum Gasteiger partial charge on any atom is -0.370 e. The predicted molar refractivity (Wildman–Crippen MR) is 81.4 cm³/mol. The number of nitrogens with one attached hydrogen (secondary N) is 1. The lowest BCUT2D eigenvalue weighted by molar-refractivity contribution is -0.138. The first kappa shape index (κ1) is 17.4. The number of hydrogen-bond donors (Lipinski definition) is 1. The molecule has 2 aromatic rings. The van der Waals surface area contributed by atoms with E-state index in [9.17, 15) is 18.0 Å². The van der Waals surface area contributed by atoms with Crippen molar-refractivity contribution in [2.45, 2.75) is 38.7 Å². The van der Waals surface area contributed by atoms with Gasteiger partial charge in [0.25, 0.3) is 0 Å². The van der Waals surface area contributed by atoms with Gasteiger partial charge in [-0.25, -0.2) is 0 Å². The molecule has 134 valence electrons. The van der Waals surface area contributed by atoms with Crippen LogP contribution < -0.4 is 5.32 Å². The fourth-order valence-corrected chi connectivity index (χ4v) is 2.90. The van der Waals surface area contributed by atoms with E-state index in [1.165, 1.54) is 12.1 Å². The van der Waals surface area contributed by atoms with Crippen LogP contribution in [0.1, 0.15) is 29.7 Å². The lowest BCUT2D eigenvalue weighted by atomic mass is 10.00. The molecule has 1 N–H and O–H groups in total. The Hall–Kier alpha value is -2.42. The SMILES string of the molecule is Cc1nnc2n1C(C)(C(=O)NCc1ccc(C(F)(F)F)cc1)COC2. The molecule has 2 heterocycles. The number of nitrogens with zero attached hydrogens (tertiary/aromatic N) is 3. The van der Waals surface area contributed by atoms with E-state index in [-0.39, 0.29) is 25.7 Å². The molecule has 1 aliphatic rings. The maximum Gasteiger partial charge on any atom is 0.416 e. The van der Waals surface area contributed by atoms with Gasteiger partial charge in [0.1, 0.15) is 18.0 Å². The van der Waals surface area contributed by atoms with E-state index >= 15 is 0 Å². The highest BCUT2D eigenvalue weighted by atomic mass is 19.4. The van der Waals surface area contributed by atoms with Gasteiger partial charge in [0, 0.05) is 6.54 Å². The molecule has 1 atom stereocenters. The summed E-state index contributed by atoms with van der Waals surface area (Å²) in [5.74, 6) is 0.859. The van der Waals surface area contributed by atoms with Crippen molar-refractivity contribution in [3.05, 3.63) is 47.0 Å². The van der Waals surface area contributed by atoms with Gasteiger partial charge in [-0.2, -0.15) is 13.2 Å². The van der Waals surface area contributed by atoms with Gasteiger partial charge in [-0.05, 0) is 31.5 Å². The Labute approximate surface area is 142 Å². The number of amides is 1. The number of hydrogen-bond acceptors (Lipinski definition) is 4. The Morgan fingerprint density at radius 2 is 2.00 bits per heavy atom. The molecule has 9 heteroatoms. The molecule has 1 aliphatic heterocycles. The van der Waals surface area contributed by atoms with Crippen molar-refractivity contribution in [2.24, 2.45) is 0 Å². The molecule has 1 amide bonds. The van der Waals surface area contributed by atoms with Crippen molar-refractivity contribution in [1.82, 2.24) is 20.1 Å². The minimum absolute atomic E-state index is 0.114. The Morgan fingerprint density at radius 3 is 2.64 bits per heavy atom. The zero-order chi connectivity index (χ0) is 18.2. The summed E-state index contributed by atoms with van der Waals surface area (Å²) in [6.07, 6.45) is -4.38. The molecule has 0 bridgehead atoms. The molecule has 0 aliphatic carbocycles. The van der Waals surface area contributed by atoms with E-state index in [4.69, 9.17) is 4.74 Å². The number of rotatable bonds is 3. The summed E-state index contributed by atoms with van der Waals surface area (Å²) in [5.41, 5.74) is -1.16. The molecule has 25 heavy (non-hydrogen) atoms. The van der Waals surface area contributed by atoms with Crippen molar-refractivity contribution in [2.75, 3.05) is 6.61 Å². The van der Waals surface area contributed by atoms with Crippen LogP contribution in [0.4, 0.5) is 13.2 Å². The van der Waals surface area contributed by atoms with E-state index in [2.05, 4.69) is 15.5 Å². The average molecular weight is 354 g/mol. The number of fused-ring (bicyclic) bond motifs is 1. The smallest absolute Gasteiger partial charge is 0.370 e. The van der Waals surface area contributed by atoms with Crippen LogP contribution in [-0.4, -0.2) is 27.3 Å². The number of aryl methyl sites for hydroxylation is 1. The Bertz CT molecular complexity index is 786. The maximum atomic E-state index is 12.7. The van der Waals surface area contributed by atoms with E-state index in [0.717, 1.165) is 12.1 Å². The van der Waals surface area contributed by atoms with Gasteiger partial charge in [0.15, 0.2) is 5.82 Å². The van der Waals surface area contributed by atoms with Crippen LogP contribution in [0.2, 0.25) is 0 Å². The molecule has 3 rings (SSSR count). The van der Waals surface area contributed by atoms with Gasteiger partial charge in [-0.1, -0.05) is 12.1 Å². The van der Waals surface area contributed by atoms with Crippen LogP contribution in [0.15, 0.2) is 24.3 Å². The van der Waals surface area contributed by atoms with E-state index < -0.39 is 17.3 Å². The second kappa shape index (κ2) is 6.14. The lowest BCUT2D eigenvalue weighted by Gasteiger charge is -2.34. The van der Waals surface area contributed by atoms with Crippen LogP contribution in [-0.2, 0) is 34.4 Å². The third-order valence-corrected chi connectivity index (χ3v) is 4.22. The van der Waals surface area contributed by atoms with Gasteiger partial charge < -0.3 is 10.1 Å². The molecule has 0 radical (unpaired) electrons. The Balaban J connectivity index is 1.72. The summed E-state index contributed by atoms with van der Waals surface area (Å²) >= 11 is 0. The number of carbonyl (C=O) groups is 1. The maximum absolute atomic E-state index is 12.7. The van der Waals surface area contributed by atoms with Gasteiger partial charge in [0.05, 0.1) is 12.2 Å². The second-order valence-corrected chi connectivity index (χ2v) is 6.14. The fourth-order valence-electron chi connectivity index (χ4n) is 2.90. The minimum atomic E-state index is -4.38. The largest absolute Gasteiger partial charge is 0.416 e. The number of halogens is 3. The summed E-state index contributed by atoms with van der Waals surface area (Å²) in [7, 11) is 0. The molecular formula is C16H17F3N4O2. The van der Waals surface area contributed by atoms with E-state index in [1.54, 1.807) is 18.4 Å². The summed E-state index contributed by atoms with van der Waals surface area (Å²) in [5, 5.41) is 10.7. The average Bonchev–Trinajstić information content (AvgIpc) is 2.95. The molecule has 1 aromatic carbocycles. The lowest BCUT2D eigenvalue weighted by Crippen LogP contribution is -2.52. The van der Waals surface area contributed by atoms with Crippen LogP contribution in [0.25, 0.3) is 0 Å². The molecule has 0 fully saturated rings. The normalized spacial score (nSPS) is 20.2. The summed E-state index contributed by atoms with van der Waals surface area (Å²) in [4.78, 5) is 12.7. The quantitative estimate of drug-likeness (QED) is 0.917. The third kappa shape index (κ3) is 3.23. The molecule has 0 saturated carbocycles. The van der Waals surface area contributed by atoms with Crippen molar-refractivity contribution in [1.29, 1.82) is 0 Å². The van der Waals surface area contributed by atoms with Gasteiger partial charge in [-0.3, -0.25) is 9.36 Å². The summed E-state index contributed by atoms with van der Waals surface area (Å²) in [6.45, 7) is 4.03. The van der Waals surface area contributed by atoms with Crippen LogP contribution in [0.5, 0.6) is 0 Å². The predicted octanol–water partition coefficient (Wildman–Crippen LogP) is 2.17.